The van der Waals surface area contributed by atoms with E-state index in [1.165, 1.54) is 36.4 Å². The van der Waals surface area contributed by atoms with Crippen LogP contribution in [0, 0.1) is 0 Å². The number of benzene rings is 2. The highest BCUT2D eigenvalue weighted by Crippen LogP contribution is 2.32. The highest BCUT2D eigenvalue weighted by Gasteiger charge is 2.20. The van der Waals surface area contributed by atoms with Gasteiger partial charge in [0.1, 0.15) is 0 Å². The van der Waals surface area contributed by atoms with Gasteiger partial charge in [0, 0.05) is 14.6 Å². The minimum Gasteiger partial charge on any atom is -0.398 e. The Kier molecular flexibility index (Phi) is 5.21. The Hall–Kier alpha value is -0.940. The predicted octanol–water partition coefficient (Wildman–Crippen LogP) is 2.42. The van der Waals surface area contributed by atoms with E-state index in [4.69, 9.17) is 10.9 Å². The fourth-order valence-electron chi connectivity index (χ4n) is 1.85. The van der Waals surface area contributed by atoms with Gasteiger partial charge in [-0.2, -0.15) is 0 Å². The van der Waals surface area contributed by atoms with Crippen molar-refractivity contribution in [3.63, 3.8) is 0 Å². The normalized spacial score (nSPS) is 12.3. The van der Waals surface area contributed by atoms with Crippen LogP contribution >= 0.6 is 31.9 Å². The second-order valence-corrected chi connectivity index (χ2v) is 9.98. The van der Waals surface area contributed by atoms with Crippen molar-refractivity contribution >= 4 is 57.4 Å². The predicted molar refractivity (Wildman–Crippen MR) is 95.0 cm³/mol. The number of sulfonamides is 1. The monoisotopic (exact) mass is 482 g/mol. The van der Waals surface area contributed by atoms with Crippen LogP contribution in [0.3, 0.4) is 0 Å². The molecule has 0 saturated heterocycles. The number of rotatable bonds is 4. The van der Waals surface area contributed by atoms with E-state index < -0.39 is 19.9 Å². The Balaban J connectivity index is 2.37. The fraction of sp³-hybridized carbons (Fsp3) is 0.0769. The Morgan fingerprint density at radius 1 is 0.913 bits per heavy atom. The molecule has 0 fully saturated rings. The van der Waals surface area contributed by atoms with E-state index in [0.29, 0.717) is 20.2 Å². The lowest BCUT2D eigenvalue weighted by atomic mass is 10.2. The summed E-state index contributed by atoms with van der Waals surface area (Å²) >= 11 is 6.39. The Bertz CT molecular complexity index is 956. The molecule has 2 aromatic rings. The molecule has 124 valence electrons. The van der Waals surface area contributed by atoms with Crippen LogP contribution in [0.4, 0.5) is 5.69 Å². The SMILES string of the molecule is Nc1cc(Br)c(S(=O)(=O)Cc2ccc(S(N)(=O)=O)cc2)cc1Br. The van der Waals surface area contributed by atoms with Gasteiger partial charge in [0.05, 0.1) is 15.5 Å². The van der Waals surface area contributed by atoms with Gasteiger partial charge in [0.2, 0.25) is 10.0 Å². The summed E-state index contributed by atoms with van der Waals surface area (Å²) in [4.78, 5) is 0.0177. The van der Waals surface area contributed by atoms with Crippen molar-refractivity contribution in [2.75, 3.05) is 5.73 Å². The standard InChI is InChI=1S/C13H12Br2N2O4S2/c14-10-6-13(11(15)5-12(10)16)22(18,19)7-8-1-3-9(4-2-8)23(17,20)21/h1-6H,7,16H2,(H2,17,20,21). The van der Waals surface area contributed by atoms with Gasteiger partial charge in [0.15, 0.2) is 9.84 Å². The maximum Gasteiger partial charge on any atom is 0.238 e. The summed E-state index contributed by atoms with van der Waals surface area (Å²) in [6.07, 6.45) is 0. The molecule has 0 aliphatic rings. The number of hydrogen-bond donors (Lipinski definition) is 2. The van der Waals surface area contributed by atoms with E-state index in [1.54, 1.807) is 0 Å². The molecular weight excluding hydrogens is 472 g/mol. The van der Waals surface area contributed by atoms with E-state index in [1.807, 2.05) is 0 Å². The molecule has 0 aromatic heterocycles. The summed E-state index contributed by atoms with van der Waals surface area (Å²) in [5.74, 6) is -0.285. The van der Waals surface area contributed by atoms with Gasteiger partial charge >= 0.3 is 0 Å². The smallest absolute Gasteiger partial charge is 0.238 e. The number of primary sulfonamides is 1. The average molecular weight is 484 g/mol. The van der Waals surface area contributed by atoms with Crippen LogP contribution in [0.2, 0.25) is 0 Å². The first kappa shape index (κ1) is 18.4. The van der Waals surface area contributed by atoms with Crippen molar-refractivity contribution < 1.29 is 16.8 Å². The molecular formula is C13H12Br2N2O4S2. The summed E-state index contributed by atoms with van der Waals surface area (Å²) in [7, 11) is -7.45. The molecule has 0 bridgehead atoms. The second-order valence-electron chi connectivity index (χ2n) is 4.75. The molecule has 4 N–H and O–H groups in total. The third-order valence-corrected chi connectivity index (χ3v) is 7.25. The van der Waals surface area contributed by atoms with Gasteiger partial charge in [-0.3, -0.25) is 0 Å². The summed E-state index contributed by atoms with van der Waals surface area (Å²) in [6.45, 7) is 0. The molecule has 0 heterocycles. The quantitative estimate of drug-likeness (QED) is 0.647. The number of nitrogens with two attached hydrogens (primary N) is 2. The second kappa shape index (κ2) is 6.52. The molecule has 0 saturated carbocycles. The van der Waals surface area contributed by atoms with Crippen molar-refractivity contribution in [3.05, 3.63) is 50.9 Å². The maximum atomic E-state index is 12.5. The van der Waals surface area contributed by atoms with Crippen LogP contribution in [0.1, 0.15) is 5.56 Å². The van der Waals surface area contributed by atoms with Gasteiger partial charge in [-0.15, -0.1) is 0 Å². The van der Waals surface area contributed by atoms with Crippen LogP contribution in [0.15, 0.2) is 55.1 Å². The lowest BCUT2D eigenvalue weighted by molar-refractivity contribution is 0.594. The van der Waals surface area contributed by atoms with Crippen LogP contribution < -0.4 is 10.9 Å². The van der Waals surface area contributed by atoms with Crippen molar-refractivity contribution in [2.24, 2.45) is 5.14 Å². The minimum absolute atomic E-state index is 0.0740. The minimum atomic E-state index is -3.81. The molecule has 0 atom stereocenters. The maximum absolute atomic E-state index is 12.5. The zero-order valence-corrected chi connectivity index (χ0v) is 16.3. The molecule has 0 spiro atoms. The molecule has 6 nitrogen and oxygen atoms in total. The average Bonchev–Trinajstić information content (AvgIpc) is 2.41. The molecule has 23 heavy (non-hydrogen) atoms. The third-order valence-electron chi connectivity index (χ3n) is 2.99. The first-order chi connectivity index (χ1) is 10.5. The van der Waals surface area contributed by atoms with Gasteiger partial charge < -0.3 is 5.73 Å². The van der Waals surface area contributed by atoms with E-state index in [-0.39, 0.29) is 15.5 Å². The lowest BCUT2D eigenvalue weighted by Gasteiger charge is -2.09. The van der Waals surface area contributed by atoms with Crippen molar-refractivity contribution in [1.82, 2.24) is 0 Å². The Labute approximate surface area is 151 Å². The molecule has 2 rings (SSSR count). The highest BCUT2D eigenvalue weighted by molar-refractivity contribution is 9.11. The molecule has 0 aliphatic carbocycles. The largest absolute Gasteiger partial charge is 0.398 e. The molecule has 0 amide bonds. The Morgan fingerprint density at radius 3 is 2.00 bits per heavy atom. The van der Waals surface area contributed by atoms with Crippen molar-refractivity contribution in [3.8, 4) is 0 Å². The third kappa shape index (κ3) is 4.32. The summed E-state index contributed by atoms with van der Waals surface area (Å²) in [6, 6.07) is 8.30. The molecule has 0 unspecified atom stereocenters. The topological polar surface area (TPSA) is 120 Å². The number of sulfone groups is 1. The van der Waals surface area contributed by atoms with Crippen LogP contribution in [-0.2, 0) is 25.6 Å². The van der Waals surface area contributed by atoms with Crippen LogP contribution in [0.25, 0.3) is 0 Å². The highest BCUT2D eigenvalue weighted by atomic mass is 79.9. The van der Waals surface area contributed by atoms with E-state index >= 15 is 0 Å². The van der Waals surface area contributed by atoms with Crippen molar-refractivity contribution in [2.45, 2.75) is 15.5 Å². The number of halogens is 2. The van der Waals surface area contributed by atoms with Gasteiger partial charge in [-0.25, -0.2) is 22.0 Å². The number of nitrogen functional groups attached to an aromatic ring is 1. The molecule has 0 aliphatic heterocycles. The molecule has 10 heteroatoms. The van der Waals surface area contributed by atoms with Crippen LogP contribution in [0.5, 0.6) is 0 Å². The van der Waals surface area contributed by atoms with Gasteiger partial charge in [0.25, 0.3) is 0 Å². The Morgan fingerprint density at radius 2 is 1.48 bits per heavy atom. The molecule has 2 aromatic carbocycles. The zero-order valence-electron chi connectivity index (χ0n) is 11.5. The first-order valence-corrected chi connectivity index (χ1v) is 10.9. The summed E-state index contributed by atoms with van der Waals surface area (Å²) < 4.78 is 48.3. The van der Waals surface area contributed by atoms with Gasteiger partial charge in [-0.05, 0) is 61.7 Å². The number of anilines is 1. The first-order valence-electron chi connectivity index (χ1n) is 6.10. The summed E-state index contributed by atoms with van der Waals surface area (Å²) in [5.41, 5.74) is 6.55. The summed E-state index contributed by atoms with van der Waals surface area (Å²) in [5, 5.41) is 5.01. The molecule has 0 radical (unpaired) electrons. The van der Waals surface area contributed by atoms with E-state index in [9.17, 15) is 16.8 Å². The fourth-order valence-corrected chi connectivity index (χ4v) is 5.41. The van der Waals surface area contributed by atoms with Crippen LogP contribution in [-0.4, -0.2) is 16.8 Å². The zero-order chi connectivity index (χ0) is 17.4. The number of hydrogen-bond acceptors (Lipinski definition) is 5. The lowest BCUT2D eigenvalue weighted by Crippen LogP contribution is -2.12. The van der Waals surface area contributed by atoms with E-state index in [0.717, 1.165) is 0 Å². The van der Waals surface area contributed by atoms with E-state index in [2.05, 4.69) is 31.9 Å². The van der Waals surface area contributed by atoms with Gasteiger partial charge in [-0.1, -0.05) is 12.1 Å². The van der Waals surface area contributed by atoms with Crippen molar-refractivity contribution in [1.29, 1.82) is 0 Å².